The molecule has 1 aliphatic rings. The first kappa shape index (κ1) is 14.6. The summed E-state index contributed by atoms with van der Waals surface area (Å²) < 4.78 is 38.6. The van der Waals surface area contributed by atoms with E-state index in [1.54, 1.807) is 0 Å². The molecule has 1 atom stereocenters. The number of nitrogens with zero attached hydrogens (tertiary/aromatic N) is 1. The topological polar surface area (TPSA) is 15.3 Å². The lowest BCUT2D eigenvalue weighted by molar-refractivity contribution is 0.0739. The van der Waals surface area contributed by atoms with Gasteiger partial charge in [0.15, 0.2) is 0 Å². The second-order valence-corrected chi connectivity index (χ2v) is 5.00. The number of halogens is 4. The van der Waals surface area contributed by atoms with Gasteiger partial charge in [0.2, 0.25) is 6.43 Å². The minimum absolute atomic E-state index is 0.212. The van der Waals surface area contributed by atoms with E-state index in [1.807, 2.05) is 4.90 Å². The summed E-state index contributed by atoms with van der Waals surface area (Å²) in [6.07, 6.45) is -2.70. The van der Waals surface area contributed by atoms with Crippen LogP contribution in [0.4, 0.5) is 13.2 Å². The summed E-state index contributed by atoms with van der Waals surface area (Å²) in [7, 11) is 0. The first-order valence-electron chi connectivity index (χ1n) is 6.26. The lowest BCUT2D eigenvalue weighted by atomic mass is 10.0. The second-order valence-electron chi connectivity index (χ2n) is 4.59. The zero-order valence-corrected chi connectivity index (χ0v) is 11.1. The Kier molecular flexibility index (Phi) is 5.07. The van der Waals surface area contributed by atoms with E-state index in [9.17, 15) is 13.2 Å². The molecular formula is C13H16ClF3N2. The highest BCUT2D eigenvalue weighted by atomic mass is 35.5. The maximum absolute atomic E-state index is 13.1. The third-order valence-corrected chi connectivity index (χ3v) is 3.64. The fourth-order valence-electron chi connectivity index (χ4n) is 2.41. The largest absolute Gasteiger partial charge is 0.314 e. The van der Waals surface area contributed by atoms with Gasteiger partial charge in [-0.05, 0) is 17.7 Å². The van der Waals surface area contributed by atoms with Crippen molar-refractivity contribution in [3.8, 4) is 0 Å². The van der Waals surface area contributed by atoms with E-state index in [0.29, 0.717) is 18.7 Å². The molecule has 6 heteroatoms. The maximum atomic E-state index is 13.1. The zero-order valence-electron chi connectivity index (χ0n) is 10.4. The number of piperazine rings is 1. The molecule has 0 amide bonds. The molecule has 0 bridgehead atoms. The Morgan fingerprint density at radius 3 is 2.53 bits per heavy atom. The third-order valence-electron chi connectivity index (χ3n) is 3.32. The molecule has 2 rings (SSSR count). The van der Waals surface area contributed by atoms with Crippen LogP contribution in [0.25, 0.3) is 0 Å². The molecule has 1 aromatic rings. The molecule has 1 saturated heterocycles. The molecule has 106 valence electrons. The van der Waals surface area contributed by atoms with Gasteiger partial charge in [-0.2, -0.15) is 0 Å². The van der Waals surface area contributed by atoms with Crippen LogP contribution in [-0.2, 0) is 0 Å². The van der Waals surface area contributed by atoms with Crippen LogP contribution >= 0.6 is 11.6 Å². The molecule has 1 heterocycles. The van der Waals surface area contributed by atoms with Crippen molar-refractivity contribution in [2.75, 3.05) is 26.2 Å². The molecule has 1 fully saturated rings. The number of hydrogen-bond donors (Lipinski definition) is 1. The molecule has 0 aromatic heterocycles. The predicted octanol–water partition coefficient (Wildman–Crippen LogP) is 3.08. The van der Waals surface area contributed by atoms with Crippen LogP contribution in [0, 0.1) is 5.82 Å². The van der Waals surface area contributed by atoms with Crippen molar-refractivity contribution < 1.29 is 13.2 Å². The van der Waals surface area contributed by atoms with E-state index in [0.717, 1.165) is 13.1 Å². The standard InChI is InChI=1S/C13H16ClF3N2/c14-11-7-9(15)1-2-10(11)12(8-13(16)17)19-5-3-18-4-6-19/h1-2,7,12-13,18H,3-6,8H2/t12-/m1/s1. The summed E-state index contributed by atoms with van der Waals surface area (Å²) in [5, 5.41) is 3.39. The van der Waals surface area contributed by atoms with Crippen LogP contribution in [0.5, 0.6) is 0 Å². The van der Waals surface area contributed by atoms with E-state index in [-0.39, 0.29) is 11.4 Å². The van der Waals surface area contributed by atoms with E-state index >= 15 is 0 Å². The van der Waals surface area contributed by atoms with Crippen LogP contribution in [-0.4, -0.2) is 37.5 Å². The Morgan fingerprint density at radius 2 is 1.95 bits per heavy atom. The fourth-order valence-corrected chi connectivity index (χ4v) is 2.70. The summed E-state index contributed by atoms with van der Waals surface area (Å²) in [6.45, 7) is 2.90. The lowest BCUT2D eigenvalue weighted by Gasteiger charge is -2.35. The summed E-state index contributed by atoms with van der Waals surface area (Å²) in [5.41, 5.74) is 0.574. The summed E-state index contributed by atoms with van der Waals surface area (Å²) >= 11 is 6.00. The van der Waals surface area contributed by atoms with E-state index in [1.165, 1.54) is 18.2 Å². The predicted molar refractivity (Wildman–Crippen MR) is 69.2 cm³/mol. The number of rotatable bonds is 4. The Balaban J connectivity index is 2.25. The minimum atomic E-state index is -2.42. The molecule has 1 aliphatic heterocycles. The van der Waals surface area contributed by atoms with E-state index in [2.05, 4.69) is 5.32 Å². The van der Waals surface area contributed by atoms with Gasteiger partial charge < -0.3 is 5.32 Å². The van der Waals surface area contributed by atoms with Gasteiger partial charge in [-0.1, -0.05) is 17.7 Å². The van der Waals surface area contributed by atoms with Crippen molar-refractivity contribution in [3.63, 3.8) is 0 Å². The smallest absolute Gasteiger partial charge is 0.240 e. The fraction of sp³-hybridized carbons (Fsp3) is 0.538. The zero-order chi connectivity index (χ0) is 13.8. The van der Waals surface area contributed by atoms with Gasteiger partial charge in [-0.25, -0.2) is 13.2 Å². The minimum Gasteiger partial charge on any atom is -0.314 e. The van der Waals surface area contributed by atoms with E-state index < -0.39 is 18.3 Å². The molecule has 19 heavy (non-hydrogen) atoms. The van der Waals surface area contributed by atoms with Gasteiger partial charge >= 0.3 is 0 Å². The van der Waals surface area contributed by atoms with Crippen LogP contribution in [0.15, 0.2) is 18.2 Å². The highest BCUT2D eigenvalue weighted by molar-refractivity contribution is 6.31. The molecule has 0 unspecified atom stereocenters. The summed E-state index contributed by atoms with van der Waals surface area (Å²) in [5.74, 6) is -0.454. The number of benzene rings is 1. The summed E-state index contributed by atoms with van der Waals surface area (Å²) in [4.78, 5) is 1.97. The lowest BCUT2D eigenvalue weighted by Crippen LogP contribution is -2.45. The molecule has 0 spiro atoms. The average Bonchev–Trinajstić information content (AvgIpc) is 2.37. The number of alkyl halides is 2. The van der Waals surface area contributed by atoms with Crippen molar-refractivity contribution in [1.82, 2.24) is 10.2 Å². The first-order valence-corrected chi connectivity index (χ1v) is 6.63. The molecule has 0 radical (unpaired) electrons. The van der Waals surface area contributed by atoms with E-state index in [4.69, 9.17) is 11.6 Å². The molecule has 0 aliphatic carbocycles. The van der Waals surface area contributed by atoms with Gasteiger partial charge in [0.05, 0.1) is 0 Å². The van der Waals surface area contributed by atoms with Crippen molar-refractivity contribution >= 4 is 11.6 Å². The molecule has 0 saturated carbocycles. The maximum Gasteiger partial charge on any atom is 0.240 e. The van der Waals surface area contributed by atoms with Crippen molar-refractivity contribution in [2.45, 2.75) is 18.9 Å². The van der Waals surface area contributed by atoms with Crippen LogP contribution in [0.1, 0.15) is 18.0 Å². The monoisotopic (exact) mass is 292 g/mol. The van der Waals surface area contributed by atoms with Gasteiger partial charge in [0.1, 0.15) is 5.82 Å². The molecule has 1 aromatic carbocycles. The van der Waals surface area contributed by atoms with Crippen molar-refractivity contribution in [1.29, 1.82) is 0 Å². The Bertz CT molecular complexity index is 422. The quantitative estimate of drug-likeness (QED) is 0.917. The molecule has 2 nitrogen and oxygen atoms in total. The van der Waals surface area contributed by atoms with Crippen LogP contribution in [0.3, 0.4) is 0 Å². The molecule has 1 N–H and O–H groups in total. The van der Waals surface area contributed by atoms with Crippen LogP contribution in [0.2, 0.25) is 5.02 Å². The highest BCUT2D eigenvalue weighted by Gasteiger charge is 2.27. The summed E-state index contributed by atoms with van der Waals surface area (Å²) in [6, 6.07) is 3.49. The Hall–Kier alpha value is -0.780. The van der Waals surface area contributed by atoms with Gasteiger partial charge in [0.25, 0.3) is 0 Å². The van der Waals surface area contributed by atoms with Crippen molar-refractivity contribution in [2.24, 2.45) is 0 Å². The Labute approximate surface area is 115 Å². The Morgan fingerprint density at radius 1 is 1.26 bits per heavy atom. The van der Waals surface area contributed by atoms with Gasteiger partial charge in [-0.3, -0.25) is 4.90 Å². The number of nitrogens with one attached hydrogen (secondary N) is 1. The first-order chi connectivity index (χ1) is 9.08. The van der Waals surface area contributed by atoms with Gasteiger partial charge in [0, 0.05) is 43.7 Å². The molecular weight excluding hydrogens is 277 g/mol. The SMILES string of the molecule is Fc1ccc([C@@H](CC(F)F)N2CCNCC2)c(Cl)c1. The van der Waals surface area contributed by atoms with Crippen LogP contribution < -0.4 is 5.32 Å². The second kappa shape index (κ2) is 6.59. The third kappa shape index (κ3) is 3.84. The number of hydrogen-bond acceptors (Lipinski definition) is 2. The normalized spacial score (nSPS) is 18.8. The highest BCUT2D eigenvalue weighted by Crippen LogP contribution is 2.32. The van der Waals surface area contributed by atoms with Crippen molar-refractivity contribution in [3.05, 3.63) is 34.6 Å². The van der Waals surface area contributed by atoms with Gasteiger partial charge in [-0.15, -0.1) is 0 Å². The average molecular weight is 293 g/mol.